The van der Waals surface area contributed by atoms with Crippen LogP contribution >= 0.6 is 0 Å². The van der Waals surface area contributed by atoms with Crippen LogP contribution < -0.4 is 0 Å². The molecule has 0 atom stereocenters. The van der Waals surface area contributed by atoms with Crippen molar-refractivity contribution in [1.82, 2.24) is 0 Å². The fourth-order valence-corrected chi connectivity index (χ4v) is 2.03. The molecule has 0 spiro atoms. The minimum atomic E-state index is -1.05. The number of Topliss-reactive ketones (excluding diaryl/α,β-unsaturated/α-hetero) is 2. The zero-order valence-electron chi connectivity index (χ0n) is 12.4. The second-order valence-electron chi connectivity index (χ2n) is 4.82. The molecule has 112 valence electrons. The van der Waals surface area contributed by atoms with Crippen molar-refractivity contribution in [3.8, 4) is 0 Å². The molecule has 0 aliphatic heterocycles. The first-order chi connectivity index (χ1) is 9.99. The summed E-state index contributed by atoms with van der Waals surface area (Å²) in [5.74, 6) is -1.18. The Morgan fingerprint density at radius 2 is 1.57 bits per heavy atom. The summed E-state index contributed by atoms with van der Waals surface area (Å²) in [6, 6.07) is 4.87. The van der Waals surface area contributed by atoms with Gasteiger partial charge in [-0.1, -0.05) is 26.0 Å². The first-order valence-electron chi connectivity index (χ1n) is 7.11. The maximum absolute atomic E-state index is 12.2. The van der Waals surface area contributed by atoms with E-state index in [2.05, 4.69) is 0 Å². The van der Waals surface area contributed by atoms with Crippen molar-refractivity contribution in [2.45, 2.75) is 39.5 Å². The molecule has 1 aromatic rings. The molecule has 0 aliphatic rings. The van der Waals surface area contributed by atoms with E-state index in [1.807, 2.05) is 13.8 Å². The van der Waals surface area contributed by atoms with E-state index in [-0.39, 0.29) is 11.6 Å². The first-order valence-corrected chi connectivity index (χ1v) is 7.11. The number of ketones is 2. The standard InChI is InChI=1S/C17H20O4/c1-3-5-15(18)13-9-7-12(8-10-17(20)21)11-14(13)16(19)6-4-2/h7-11H,3-6H2,1-2H3,(H,20,21). The summed E-state index contributed by atoms with van der Waals surface area (Å²) in [5.41, 5.74) is 1.43. The average molecular weight is 288 g/mol. The SMILES string of the molecule is CCCC(=O)c1ccc(C=CC(=O)O)cc1C(=O)CCC. The van der Waals surface area contributed by atoms with E-state index in [0.29, 0.717) is 36.0 Å². The Morgan fingerprint density at radius 1 is 1.00 bits per heavy atom. The summed E-state index contributed by atoms with van der Waals surface area (Å²) < 4.78 is 0. The predicted octanol–water partition coefficient (Wildman–Crippen LogP) is 3.75. The third-order valence-corrected chi connectivity index (χ3v) is 3.02. The molecular formula is C17H20O4. The molecule has 1 N–H and O–H groups in total. The minimum Gasteiger partial charge on any atom is -0.478 e. The van der Waals surface area contributed by atoms with Crippen molar-refractivity contribution < 1.29 is 19.5 Å². The van der Waals surface area contributed by atoms with E-state index in [0.717, 1.165) is 12.5 Å². The summed E-state index contributed by atoms with van der Waals surface area (Å²) in [4.78, 5) is 34.8. The van der Waals surface area contributed by atoms with Crippen LogP contribution in [0.1, 0.15) is 65.8 Å². The molecule has 21 heavy (non-hydrogen) atoms. The van der Waals surface area contributed by atoms with Crippen LogP contribution in [0.15, 0.2) is 24.3 Å². The van der Waals surface area contributed by atoms with Crippen molar-refractivity contribution in [3.05, 3.63) is 41.0 Å². The van der Waals surface area contributed by atoms with Gasteiger partial charge in [-0.05, 0) is 30.5 Å². The van der Waals surface area contributed by atoms with Gasteiger partial charge in [-0.25, -0.2) is 4.79 Å². The molecule has 0 amide bonds. The Bertz CT molecular complexity index is 570. The zero-order chi connectivity index (χ0) is 15.8. The third-order valence-electron chi connectivity index (χ3n) is 3.02. The van der Waals surface area contributed by atoms with Gasteiger partial charge in [-0.2, -0.15) is 0 Å². The smallest absolute Gasteiger partial charge is 0.328 e. The maximum Gasteiger partial charge on any atom is 0.328 e. The summed E-state index contributed by atoms with van der Waals surface area (Å²) in [6.07, 6.45) is 4.63. The number of rotatable bonds is 8. The molecule has 0 aliphatic carbocycles. The molecule has 0 unspecified atom stereocenters. The molecule has 0 saturated carbocycles. The normalized spacial score (nSPS) is 10.8. The summed E-state index contributed by atoms with van der Waals surface area (Å²) >= 11 is 0. The molecule has 0 fully saturated rings. The number of hydrogen-bond acceptors (Lipinski definition) is 3. The number of carboxylic acid groups (broad SMARTS) is 1. The Balaban J connectivity index is 3.22. The Morgan fingerprint density at radius 3 is 2.10 bits per heavy atom. The van der Waals surface area contributed by atoms with Crippen LogP contribution in [0.25, 0.3) is 6.08 Å². The Kier molecular flexibility index (Phi) is 6.53. The highest BCUT2D eigenvalue weighted by Gasteiger charge is 2.16. The molecule has 4 heteroatoms. The predicted molar refractivity (Wildman–Crippen MR) is 81.6 cm³/mol. The van der Waals surface area contributed by atoms with E-state index in [1.54, 1.807) is 18.2 Å². The quantitative estimate of drug-likeness (QED) is 0.584. The summed E-state index contributed by atoms with van der Waals surface area (Å²) in [7, 11) is 0. The fourth-order valence-electron chi connectivity index (χ4n) is 2.03. The van der Waals surface area contributed by atoms with Gasteiger partial charge >= 0.3 is 5.97 Å². The van der Waals surface area contributed by atoms with Crippen molar-refractivity contribution in [1.29, 1.82) is 0 Å². The highest BCUT2D eigenvalue weighted by Crippen LogP contribution is 2.18. The highest BCUT2D eigenvalue weighted by molar-refractivity contribution is 6.09. The summed E-state index contributed by atoms with van der Waals surface area (Å²) in [5, 5.41) is 8.64. The molecule has 4 nitrogen and oxygen atoms in total. The van der Waals surface area contributed by atoms with E-state index in [1.165, 1.54) is 6.08 Å². The number of hydrogen-bond donors (Lipinski definition) is 1. The van der Waals surface area contributed by atoms with Gasteiger partial charge in [0.25, 0.3) is 0 Å². The minimum absolute atomic E-state index is 0.0503. The van der Waals surface area contributed by atoms with Gasteiger partial charge in [0.1, 0.15) is 0 Å². The van der Waals surface area contributed by atoms with Crippen LogP contribution in [0.5, 0.6) is 0 Å². The number of carbonyl (C=O) groups excluding carboxylic acids is 2. The molecule has 0 heterocycles. The lowest BCUT2D eigenvalue weighted by Crippen LogP contribution is -2.09. The lowest BCUT2D eigenvalue weighted by Gasteiger charge is -2.08. The monoisotopic (exact) mass is 288 g/mol. The molecule has 1 aromatic carbocycles. The van der Waals surface area contributed by atoms with Crippen LogP contribution in [0.3, 0.4) is 0 Å². The highest BCUT2D eigenvalue weighted by atomic mass is 16.4. The first kappa shape index (κ1) is 16.8. The molecule has 0 saturated heterocycles. The van der Waals surface area contributed by atoms with Gasteiger partial charge in [-0.3, -0.25) is 9.59 Å². The van der Waals surface area contributed by atoms with E-state index >= 15 is 0 Å². The molecule has 0 radical (unpaired) electrons. The molecule has 0 aromatic heterocycles. The third kappa shape index (κ3) is 4.99. The average Bonchev–Trinajstić information content (AvgIpc) is 2.45. The van der Waals surface area contributed by atoms with Crippen LogP contribution in [-0.4, -0.2) is 22.6 Å². The molecule has 1 rings (SSSR count). The Hall–Kier alpha value is -2.23. The van der Waals surface area contributed by atoms with Crippen molar-refractivity contribution in [3.63, 3.8) is 0 Å². The van der Waals surface area contributed by atoms with Crippen LogP contribution in [0, 0.1) is 0 Å². The summed E-state index contributed by atoms with van der Waals surface area (Å²) in [6.45, 7) is 3.81. The van der Waals surface area contributed by atoms with Gasteiger partial charge in [0.05, 0.1) is 0 Å². The van der Waals surface area contributed by atoms with E-state index in [9.17, 15) is 14.4 Å². The fraction of sp³-hybridized carbons (Fsp3) is 0.353. The maximum atomic E-state index is 12.2. The Labute approximate surface area is 124 Å². The van der Waals surface area contributed by atoms with Gasteiger partial charge in [0, 0.05) is 30.0 Å². The van der Waals surface area contributed by atoms with E-state index < -0.39 is 5.97 Å². The van der Waals surface area contributed by atoms with E-state index in [4.69, 9.17) is 5.11 Å². The topological polar surface area (TPSA) is 71.4 Å². The van der Waals surface area contributed by atoms with Crippen molar-refractivity contribution in [2.75, 3.05) is 0 Å². The molecule has 0 bridgehead atoms. The largest absolute Gasteiger partial charge is 0.478 e. The number of carboxylic acids is 1. The van der Waals surface area contributed by atoms with Gasteiger partial charge in [0.15, 0.2) is 11.6 Å². The van der Waals surface area contributed by atoms with Crippen LogP contribution in [-0.2, 0) is 4.79 Å². The number of carbonyl (C=O) groups is 3. The van der Waals surface area contributed by atoms with Crippen molar-refractivity contribution in [2.24, 2.45) is 0 Å². The second-order valence-corrected chi connectivity index (χ2v) is 4.82. The molecular weight excluding hydrogens is 268 g/mol. The lowest BCUT2D eigenvalue weighted by molar-refractivity contribution is -0.131. The van der Waals surface area contributed by atoms with Crippen LogP contribution in [0.4, 0.5) is 0 Å². The second kappa shape index (κ2) is 8.15. The van der Waals surface area contributed by atoms with Gasteiger partial charge in [-0.15, -0.1) is 0 Å². The van der Waals surface area contributed by atoms with Crippen LogP contribution in [0.2, 0.25) is 0 Å². The van der Waals surface area contributed by atoms with Crippen molar-refractivity contribution >= 4 is 23.6 Å². The number of benzene rings is 1. The van der Waals surface area contributed by atoms with Gasteiger partial charge in [0.2, 0.25) is 0 Å². The van der Waals surface area contributed by atoms with Gasteiger partial charge < -0.3 is 5.11 Å². The number of aliphatic carboxylic acids is 1. The lowest BCUT2D eigenvalue weighted by atomic mass is 9.94. The zero-order valence-corrected chi connectivity index (χ0v) is 12.4.